The first-order valence-electron chi connectivity index (χ1n) is 4.18. The third kappa shape index (κ3) is 2.03. The summed E-state index contributed by atoms with van der Waals surface area (Å²) in [7, 11) is 0. The number of aromatic nitrogens is 2. The van der Waals surface area contributed by atoms with E-state index in [1.54, 1.807) is 0 Å². The van der Waals surface area contributed by atoms with E-state index in [2.05, 4.69) is 42.8 Å². The van der Waals surface area contributed by atoms with Gasteiger partial charge in [-0.1, -0.05) is 0 Å². The first-order chi connectivity index (χ1) is 5.65. The number of thioether (sulfide) groups is 1. The minimum atomic E-state index is 0.521. The fourth-order valence-corrected chi connectivity index (χ4v) is 1.72. The quantitative estimate of drug-likeness (QED) is 0.718. The maximum absolute atomic E-state index is 4.46. The molecule has 0 unspecified atom stereocenters. The van der Waals surface area contributed by atoms with Crippen molar-refractivity contribution in [2.75, 3.05) is 6.26 Å². The largest absolute Gasteiger partial charge is 0.332 e. The van der Waals surface area contributed by atoms with Crippen molar-refractivity contribution in [3.8, 4) is 0 Å². The molecular formula is C9H16N2S. The van der Waals surface area contributed by atoms with Gasteiger partial charge >= 0.3 is 0 Å². The summed E-state index contributed by atoms with van der Waals surface area (Å²) in [4.78, 5) is 4.46. The summed E-state index contributed by atoms with van der Waals surface area (Å²) in [6.45, 7) is 6.42. The lowest BCUT2D eigenvalue weighted by atomic mass is 10.4. The molecular weight excluding hydrogens is 168 g/mol. The Morgan fingerprint density at radius 3 is 2.67 bits per heavy atom. The normalized spacial score (nSPS) is 11.1. The first-order valence-corrected chi connectivity index (χ1v) is 5.57. The summed E-state index contributed by atoms with van der Waals surface area (Å²) >= 11 is 1.81. The molecule has 0 radical (unpaired) electrons. The van der Waals surface area contributed by atoms with Gasteiger partial charge in [-0.2, -0.15) is 11.8 Å². The zero-order valence-corrected chi connectivity index (χ0v) is 8.98. The molecule has 0 saturated carbocycles. The van der Waals surface area contributed by atoms with Crippen LogP contribution in [0.15, 0.2) is 6.20 Å². The Morgan fingerprint density at radius 1 is 1.58 bits per heavy atom. The third-order valence-corrected chi connectivity index (χ3v) is 2.40. The smallest absolute Gasteiger partial charge is 0.106 e. The van der Waals surface area contributed by atoms with Crippen LogP contribution in [0.1, 0.15) is 31.4 Å². The van der Waals surface area contributed by atoms with E-state index in [9.17, 15) is 0 Å². The molecule has 0 spiro atoms. The Hall–Kier alpha value is -0.440. The van der Waals surface area contributed by atoms with Crippen LogP contribution in [0.25, 0.3) is 0 Å². The van der Waals surface area contributed by atoms with Crippen molar-refractivity contribution in [2.24, 2.45) is 0 Å². The van der Waals surface area contributed by atoms with Crippen molar-refractivity contribution in [3.05, 3.63) is 17.7 Å². The number of aryl methyl sites for hydroxylation is 1. The second-order valence-electron chi connectivity index (χ2n) is 3.21. The average molecular weight is 184 g/mol. The lowest BCUT2D eigenvalue weighted by Gasteiger charge is -2.07. The minimum absolute atomic E-state index is 0.521. The van der Waals surface area contributed by atoms with Crippen molar-refractivity contribution in [1.29, 1.82) is 0 Å². The van der Waals surface area contributed by atoms with E-state index in [-0.39, 0.29) is 0 Å². The Balaban J connectivity index is 2.85. The van der Waals surface area contributed by atoms with Gasteiger partial charge in [0.05, 0.1) is 5.69 Å². The molecule has 0 fully saturated rings. The first kappa shape index (κ1) is 9.65. The fraction of sp³-hybridized carbons (Fsp3) is 0.667. The van der Waals surface area contributed by atoms with E-state index >= 15 is 0 Å². The van der Waals surface area contributed by atoms with Gasteiger partial charge in [-0.15, -0.1) is 0 Å². The fourth-order valence-electron chi connectivity index (χ4n) is 1.29. The molecule has 2 nitrogen and oxygen atoms in total. The van der Waals surface area contributed by atoms with Crippen LogP contribution in [-0.4, -0.2) is 15.8 Å². The number of rotatable bonds is 3. The standard InChI is InChI=1S/C9H16N2S/c1-7(2)11-5-9(6-12-4)10-8(11)3/h5,7H,6H2,1-4H3. The highest BCUT2D eigenvalue weighted by molar-refractivity contribution is 7.97. The van der Waals surface area contributed by atoms with Crippen LogP contribution < -0.4 is 0 Å². The second-order valence-corrected chi connectivity index (χ2v) is 4.08. The summed E-state index contributed by atoms with van der Waals surface area (Å²) in [5.41, 5.74) is 1.19. The zero-order chi connectivity index (χ0) is 9.14. The Morgan fingerprint density at radius 2 is 2.25 bits per heavy atom. The molecule has 1 aromatic heterocycles. The average Bonchev–Trinajstić information content (AvgIpc) is 2.32. The summed E-state index contributed by atoms with van der Waals surface area (Å²) in [6.07, 6.45) is 4.25. The highest BCUT2D eigenvalue weighted by atomic mass is 32.2. The van der Waals surface area contributed by atoms with Crippen molar-refractivity contribution in [2.45, 2.75) is 32.6 Å². The van der Waals surface area contributed by atoms with Crippen LogP contribution in [0, 0.1) is 6.92 Å². The van der Waals surface area contributed by atoms with E-state index < -0.39 is 0 Å². The van der Waals surface area contributed by atoms with Gasteiger partial charge in [0.1, 0.15) is 5.82 Å². The van der Waals surface area contributed by atoms with Gasteiger partial charge in [0.15, 0.2) is 0 Å². The van der Waals surface area contributed by atoms with Gasteiger partial charge in [0.25, 0.3) is 0 Å². The predicted molar refractivity (Wildman–Crippen MR) is 54.6 cm³/mol. The molecule has 0 saturated heterocycles. The van der Waals surface area contributed by atoms with Gasteiger partial charge in [-0.3, -0.25) is 0 Å². The van der Waals surface area contributed by atoms with Gasteiger partial charge in [0.2, 0.25) is 0 Å². The van der Waals surface area contributed by atoms with Gasteiger partial charge in [0, 0.05) is 18.0 Å². The van der Waals surface area contributed by atoms with Crippen molar-refractivity contribution in [3.63, 3.8) is 0 Å². The van der Waals surface area contributed by atoms with E-state index in [1.807, 2.05) is 11.8 Å². The Labute approximate surface area is 78.4 Å². The molecule has 3 heteroatoms. The topological polar surface area (TPSA) is 17.8 Å². The van der Waals surface area contributed by atoms with E-state index in [4.69, 9.17) is 0 Å². The number of hydrogen-bond donors (Lipinski definition) is 0. The van der Waals surface area contributed by atoms with E-state index in [0.29, 0.717) is 6.04 Å². The van der Waals surface area contributed by atoms with Crippen molar-refractivity contribution in [1.82, 2.24) is 9.55 Å². The molecule has 0 aliphatic rings. The monoisotopic (exact) mass is 184 g/mol. The van der Waals surface area contributed by atoms with Crippen LogP contribution >= 0.6 is 11.8 Å². The van der Waals surface area contributed by atoms with Crippen molar-refractivity contribution >= 4 is 11.8 Å². The van der Waals surface area contributed by atoms with Crippen LogP contribution in [-0.2, 0) is 5.75 Å². The maximum Gasteiger partial charge on any atom is 0.106 e. The Kier molecular flexibility index (Phi) is 3.20. The summed E-state index contributed by atoms with van der Waals surface area (Å²) < 4.78 is 2.21. The van der Waals surface area contributed by atoms with Gasteiger partial charge < -0.3 is 4.57 Å². The lowest BCUT2D eigenvalue weighted by molar-refractivity contribution is 0.582. The molecule has 1 heterocycles. The lowest BCUT2D eigenvalue weighted by Crippen LogP contribution is -2.00. The molecule has 1 rings (SSSR count). The molecule has 1 aromatic rings. The highest BCUT2D eigenvalue weighted by Gasteiger charge is 2.05. The molecule has 0 amide bonds. The van der Waals surface area contributed by atoms with E-state index in [0.717, 1.165) is 11.6 Å². The molecule has 0 bridgehead atoms. The molecule has 68 valence electrons. The minimum Gasteiger partial charge on any atom is -0.332 e. The zero-order valence-electron chi connectivity index (χ0n) is 8.16. The number of nitrogens with zero attached hydrogens (tertiary/aromatic N) is 2. The second kappa shape index (κ2) is 3.99. The molecule has 12 heavy (non-hydrogen) atoms. The van der Waals surface area contributed by atoms with Crippen LogP contribution in [0.4, 0.5) is 0 Å². The van der Waals surface area contributed by atoms with Gasteiger partial charge in [-0.25, -0.2) is 4.98 Å². The summed E-state index contributed by atoms with van der Waals surface area (Å²) in [5.74, 6) is 2.13. The third-order valence-electron chi connectivity index (χ3n) is 1.82. The van der Waals surface area contributed by atoms with E-state index in [1.165, 1.54) is 5.69 Å². The molecule has 0 aliphatic carbocycles. The number of imidazole rings is 1. The van der Waals surface area contributed by atoms with Gasteiger partial charge in [-0.05, 0) is 27.0 Å². The van der Waals surface area contributed by atoms with Crippen molar-refractivity contribution < 1.29 is 0 Å². The van der Waals surface area contributed by atoms with Crippen LogP contribution in [0.5, 0.6) is 0 Å². The SMILES string of the molecule is CSCc1cn(C(C)C)c(C)n1. The molecule has 0 aliphatic heterocycles. The molecule has 0 aromatic carbocycles. The Bertz CT molecular complexity index is 253. The highest BCUT2D eigenvalue weighted by Crippen LogP contribution is 2.13. The summed E-state index contributed by atoms with van der Waals surface area (Å²) in [5, 5.41) is 0. The summed E-state index contributed by atoms with van der Waals surface area (Å²) in [6, 6.07) is 0.521. The number of hydrogen-bond acceptors (Lipinski definition) is 2. The maximum atomic E-state index is 4.46. The molecule has 0 atom stereocenters. The predicted octanol–water partition coefficient (Wildman–Crippen LogP) is 2.64. The van der Waals surface area contributed by atoms with Crippen LogP contribution in [0.2, 0.25) is 0 Å². The molecule has 0 N–H and O–H groups in total. The van der Waals surface area contributed by atoms with Crippen LogP contribution in [0.3, 0.4) is 0 Å².